The van der Waals surface area contributed by atoms with E-state index in [0.717, 1.165) is 0 Å². The fourth-order valence-corrected chi connectivity index (χ4v) is 8.78. The highest BCUT2D eigenvalue weighted by Gasteiger charge is 2.54. The van der Waals surface area contributed by atoms with Crippen LogP contribution in [0.15, 0.2) is 5.16 Å². The number of hydrogen-bond donors (Lipinski definition) is 5. The molecule has 3 rings (SSSR count). The number of rotatable bonds is 8. The summed E-state index contributed by atoms with van der Waals surface area (Å²) in [4.78, 5) is 16.2. The average molecular weight is 763 g/mol. The Morgan fingerprint density at radius 3 is 2.02 bits per heavy atom. The van der Waals surface area contributed by atoms with Gasteiger partial charge in [-0.2, -0.15) is 0 Å². The number of esters is 1. The summed E-state index contributed by atoms with van der Waals surface area (Å²) in [6, 6.07) is -0.282. The lowest BCUT2D eigenvalue weighted by molar-refractivity contribution is -0.319. The number of cyclic esters (lactones) is 1. The molecule has 0 aliphatic carbocycles. The summed E-state index contributed by atoms with van der Waals surface area (Å²) in [6.45, 7) is 17.3. The second-order valence-corrected chi connectivity index (χ2v) is 16.8. The Labute approximate surface area is 316 Å². The third kappa shape index (κ3) is 9.73. The van der Waals surface area contributed by atoms with Crippen LogP contribution < -0.4 is 0 Å². The third-order valence-electron chi connectivity index (χ3n) is 12.4. The zero-order valence-corrected chi connectivity index (χ0v) is 34.4. The Balaban J connectivity index is 2.25. The quantitative estimate of drug-likeness (QED) is 0.137. The van der Waals surface area contributed by atoms with E-state index in [1.165, 1.54) is 21.1 Å². The normalized spacial score (nSPS) is 49.1. The van der Waals surface area contributed by atoms with E-state index in [9.17, 15) is 30.4 Å². The standard InChI is InChI=1S/C38H70N2O13/c1-15-26-38(10,45)31(42)21(4)28(39-46)19(2)17-37(9,48-14)33(53-35-29(41)25(40(11)12)16-20(3)49-35)22(5)30(23(6)34(44)51-26)52-27-18-36(8,47-13)32(43)24(7)50-27/h19-27,29-33,35,41-43,45-46H,15-18H2,1-14H3/t19?,20?,21?,22?,23?,24?,25?,26?,27?,29?,30?,31?,32?,33?,35?,36-,37-,38-/m1/s1. The molecule has 0 amide bonds. The van der Waals surface area contributed by atoms with E-state index in [4.69, 9.17) is 33.2 Å². The first-order valence-electron chi connectivity index (χ1n) is 19.1. The molecule has 5 N–H and O–H groups in total. The molecule has 0 saturated carbocycles. The number of ether oxygens (including phenoxy) is 7. The van der Waals surface area contributed by atoms with E-state index < -0.39 is 102 Å². The predicted molar refractivity (Wildman–Crippen MR) is 195 cm³/mol. The predicted octanol–water partition coefficient (Wildman–Crippen LogP) is 2.70. The molecular weight excluding hydrogens is 692 g/mol. The van der Waals surface area contributed by atoms with Gasteiger partial charge in [-0.15, -0.1) is 0 Å². The van der Waals surface area contributed by atoms with Gasteiger partial charge in [-0.05, 0) is 74.9 Å². The molecule has 15 nitrogen and oxygen atoms in total. The van der Waals surface area contributed by atoms with Gasteiger partial charge in [0.25, 0.3) is 0 Å². The number of likely N-dealkylation sites (N-methyl/N-ethyl adjacent to an activating group) is 1. The van der Waals surface area contributed by atoms with Crippen molar-refractivity contribution in [2.24, 2.45) is 28.8 Å². The van der Waals surface area contributed by atoms with E-state index in [-0.39, 0.29) is 37.1 Å². The van der Waals surface area contributed by atoms with E-state index in [1.807, 2.05) is 46.7 Å². The topological polar surface area (TPSA) is 198 Å². The summed E-state index contributed by atoms with van der Waals surface area (Å²) in [5, 5.41) is 59.8. The van der Waals surface area contributed by atoms with Crippen LogP contribution in [0.5, 0.6) is 0 Å². The Morgan fingerprint density at radius 2 is 1.49 bits per heavy atom. The molecule has 0 bridgehead atoms. The number of nitrogens with zero attached hydrogens (tertiary/aromatic N) is 2. The number of hydrogen-bond acceptors (Lipinski definition) is 15. The number of methoxy groups -OCH3 is 2. The van der Waals surface area contributed by atoms with Crippen LogP contribution in [0.3, 0.4) is 0 Å². The van der Waals surface area contributed by atoms with Crippen LogP contribution in [-0.4, -0.2) is 155 Å². The van der Waals surface area contributed by atoms with Crippen molar-refractivity contribution in [3.8, 4) is 0 Å². The molecule has 0 spiro atoms. The van der Waals surface area contributed by atoms with Gasteiger partial charge in [-0.25, -0.2) is 0 Å². The van der Waals surface area contributed by atoms with Crippen LogP contribution in [0, 0.1) is 23.7 Å². The molecule has 0 radical (unpaired) electrons. The summed E-state index contributed by atoms with van der Waals surface area (Å²) < 4.78 is 44.1. The first kappa shape index (κ1) is 45.9. The van der Waals surface area contributed by atoms with Crippen LogP contribution in [0.2, 0.25) is 0 Å². The van der Waals surface area contributed by atoms with Crippen molar-refractivity contribution in [1.29, 1.82) is 0 Å². The van der Waals surface area contributed by atoms with Gasteiger partial charge in [0.1, 0.15) is 23.9 Å². The molecule has 0 aromatic rings. The number of oxime groups is 1. The van der Waals surface area contributed by atoms with Gasteiger partial charge in [0, 0.05) is 44.4 Å². The summed E-state index contributed by atoms with van der Waals surface area (Å²) >= 11 is 0. The highest BCUT2D eigenvalue weighted by Crippen LogP contribution is 2.42. The van der Waals surface area contributed by atoms with Crippen LogP contribution in [0.25, 0.3) is 0 Å². The highest BCUT2D eigenvalue weighted by atomic mass is 16.7. The molecule has 3 fully saturated rings. The smallest absolute Gasteiger partial charge is 0.311 e. The zero-order valence-electron chi connectivity index (χ0n) is 34.4. The molecule has 3 saturated heterocycles. The van der Waals surface area contributed by atoms with E-state index in [1.54, 1.807) is 34.6 Å². The lowest BCUT2D eigenvalue weighted by atomic mass is 9.73. The van der Waals surface area contributed by atoms with Gasteiger partial charge in [-0.3, -0.25) is 4.79 Å². The molecular formula is C38H70N2O13. The van der Waals surface area contributed by atoms with Crippen molar-refractivity contribution in [3.63, 3.8) is 0 Å². The van der Waals surface area contributed by atoms with Crippen molar-refractivity contribution < 1.29 is 63.6 Å². The van der Waals surface area contributed by atoms with Crippen molar-refractivity contribution in [2.75, 3.05) is 28.3 Å². The maximum atomic E-state index is 14.2. The Hall–Kier alpha value is -1.50. The van der Waals surface area contributed by atoms with Gasteiger partial charge in [0.2, 0.25) is 0 Å². The molecule has 3 aliphatic heterocycles. The summed E-state index contributed by atoms with van der Waals surface area (Å²) in [7, 11) is 6.80. The molecule has 3 aliphatic rings. The molecule has 15 heteroatoms. The molecule has 53 heavy (non-hydrogen) atoms. The van der Waals surface area contributed by atoms with Crippen LogP contribution in [0.1, 0.15) is 94.9 Å². The van der Waals surface area contributed by atoms with Crippen LogP contribution in [0.4, 0.5) is 0 Å². The minimum Gasteiger partial charge on any atom is -0.459 e. The van der Waals surface area contributed by atoms with Gasteiger partial charge < -0.3 is 63.7 Å². The zero-order chi connectivity index (χ0) is 40.4. The van der Waals surface area contributed by atoms with E-state index >= 15 is 0 Å². The van der Waals surface area contributed by atoms with Crippen LogP contribution >= 0.6 is 0 Å². The van der Waals surface area contributed by atoms with Gasteiger partial charge in [0.15, 0.2) is 12.6 Å². The minimum atomic E-state index is -1.94. The maximum absolute atomic E-state index is 14.2. The fraction of sp³-hybridized carbons (Fsp3) is 0.947. The lowest BCUT2D eigenvalue weighted by Gasteiger charge is -2.50. The van der Waals surface area contributed by atoms with Crippen molar-refractivity contribution >= 4 is 11.7 Å². The number of aliphatic hydroxyl groups is 4. The summed E-state index contributed by atoms with van der Waals surface area (Å²) in [5.41, 5.74) is -3.99. The van der Waals surface area contributed by atoms with Gasteiger partial charge in [-0.1, -0.05) is 32.9 Å². The molecule has 0 aromatic carbocycles. The second-order valence-electron chi connectivity index (χ2n) is 16.8. The third-order valence-corrected chi connectivity index (χ3v) is 12.4. The molecule has 0 aromatic heterocycles. The Bertz CT molecular complexity index is 1220. The average Bonchev–Trinajstić information content (AvgIpc) is 3.10. The first-order valence-corrected chi connectivity index (χ1v) is 19.1. The van der Waals surface area contributed by atoms with Crippen LogP contribution in [-0.2, 0) is 38.0 Å². The Kier molecular flexibility index (Phi) is 15.7. The fourth-order valence-electron chi connectivity index (χ4n) is 8.78. The molecule has 3 heterocycles. The van der Waals surface area contributed by atoms with Gasteiger partial charge >= 0.3 is 5.97 Å². The lowest BCUT2D eigenvalue weighted by Crippen LogP contribution is -2.61. The largest absolute Gasteiger partial charge is 0.459 e. The van der Waals surface area contributed by atoms with Crippen molar-refractivity contribution in [2.45, 2.75) is 179 Å². The number of carbonyl (C=O) groups is 1. The highest BCUT2D eigenvalue weighted by molar-refractivity contribution is 5.88. The minimum absolute atomic E-state index is 0.128. The number of carbonyl (C=O) groups excluding carboxylic acids is 1. The number of aliphatic hydroxyl groups excluding tert-OH is 3. The summed E-state index contributed by atoms with van der Waals surface area (Å²) in [6.07, 6.45) is -8.53. The van der Waals surface area contributed by atoms with E-state index in [0.29, 0.717) is 6.42 Å². The van der Waals surface area contributed by atoms with E-state index in [2.05, 4.69) is 5.16 Å². The molecule has 310 valence electrons. The molecule has 15 unspecified atom stereocenters. The summed E-state index contributed by atoms with van der Waals surface area (Å²) in [5.74, 6) is -3.82. The second kappa shape index (κ2) is 18.2. The van der Waals surface area contributed by atoms with Gasteiger partial charge in [0.05, 0.1) is 53.4 Å². The Morgan fingerprint density at radius 1 is 0.887 bits per heavy atom. The monoisotopic (exact) mass is 762 g/mol. The maximum Gasteiger partial charge on any atom is 0.311 e. The van der Waals surface area contributed by atoms with Crippen molar-refractivity contribution in [3.05, 3.63) is 0 Å². The van der Waals surface area contributed by atoms with Crippen molar-refractivity contribution in [1.82, 2.24) is 4.90 Å². The first-order chi connectivity index (χ1) is 24.5. The molecule has 18 atom stereocenters. The SMILES string of the molecule is CCC1OC(=O)C(C)C(OC2C[C@@](C)(OC)C(O)C(C)O2)C(C)C(OC2OC(C)CC(N(C)C)C2O)[C@](C)(OC)CC(C)C(=NO)C(C)C(O)[C@]1(C)O.